The molecule has 5 nitrogen and oxygen atoms in total. The van der Waals surface area contributed by atoms with Crippen molar-refractivity contribution in [2.75, 3.05) is 25.4 Å². The number of aromatic carboxylic acids is 1. The molecule has 0 radical (unpaired) electrons. The summed E-state index contributed by atoms with van der Waals surface area (Å²) in [6.07, 6.45) is 2.15. The maximum absolute atomic E-state index is 12.3. The van der Waals surface area contributed by atoms with E-state index in [2.05, 4.69) is 4.90 Å². The van der Waals surface area contributed by atoms with Crippen LogP contribution in [-0.4, -0.2) is 49.8 Å². The van der Waals surface area contributed by atoms with Crippen LogP contribution in [0.4, 0.5) is 0 Å². The minimum Gasteiger partial charge on any atom is -0.478 e. The highest BCUT2D eigenvalue weighted by Crippen LogP contribution is 2.31. The maximum atomic E-state index is 12.3. The number of carboxylic acids is 1. The number of nitrogens with zero attached hydrogens (tertiary/aromatic N) is 1. The van der Waals surface area contributed by atoms with Gasteiger partial charge in [0, 0.05) is 6.54 Å². The van der Waals surface area contributed by atoms with E-state index in [1.54, 1.807) is 0 Å². The van der Waals surface area contributed by atoms with Crippen molar-refractivity contribution < 1.29 is 18.3 Å². The fraction of sp³-hybridized carbons (Fsp3) is 0.462. The van der Waals surface area contributed by atoms with Crippen molar-refractivity contribution in [2.45, 2.75) is 17.7 Å². The van der Waals surface area contributed by atoms with Crippen LogP contribution in [-0.2, 0) is 9.84 Å². The lowest BCUT2D eigenvalue weighted by Gasteiger charge is -2.15. The van der Waals surface area contributed by atoms with Gasteiger partial charge in [-0.25, -0.2) is 13.2 Å². The lowest BCUT2D eigenvalue weighted by Crippen LogP contribution is -2.26. The highest BCUT2D eigenvalue weighted by molar-refractivity contribution is 7.91. The van der Waals surface area contributed by atoms with Crippen molar-refractivity contribution in [1.29, 1.82) is 0 Å². The Morgan fingerprint density at radius 2 is 1.86 bits per heavy atom. The largest absolute Gasteiger partial charge is 0.478 e. The predicted molar refractivity (Wildman–Crippen MR) is 81.1 cm³/mol. The second kappa shape index (κ2) is 6.52. The number of rotatable bonds is 5. The van der Waals surface area contributed by atoms with Crippen LogP contribution >= 0.6 is 23.2 Å². The first kappa shape index (κ1) is 16.5. The minimum absolute atomic E-state index is 0.0778. The minimum atomic E-state index is -3.65. The van der Waals surface area contributed by atoms with Crippen LogP contribution in [0.15, 0.2) is 17.0 Å². The van der Waals surface area contributed by atoms with Crippen molar-refractivity contribution >= 4 is 39.0 Å². The molecule has 1 aliphatic heterocycles. The zero-order chi connectivity index (χ0) is 15.6. The van der Waals surface area contributed by atoms with Gasteiger partial charge < -0.3 is 10.0 Å². The molecule has 1 aromatic rings. The standard InChI is InChI=1S/C13H15Cl2NO4S/c14-9-3-4-10(12(15)11(9)13(17)18)21(19,20)8-7-16-5-1-2-6-16/h3-4H,1-2,5-8H2,(H,17,18). The number of carboxylic acid groups (broad SMARTS) is 1. The Hall–Kier alpha value is -0.820. The molecule has 0 spiro atoms. The third-order valence-electron chi connectivity index (χ3n) is 3.48. The number of likely N-dealkylation sites (tertiary alicyclic amines) is 1. The van der Waals surface area contributed by atoms with Crippen molar-refractivity contribution in [1.82, 2.24) is 4.90 Å². The highest BCUT2D eigenvalue weighted by Gasteiger charge is 2.25. The van der Waals surface area contributed by atoms with Crippen LogP contribution in [0.2, 0.25) is 10.0 Å². The van der Waals surface area contributed by atoms with Crippen molar-refractivity contribution in [3.8, 4) is 0 Å². The van der Waals surface area contributed by atoms with Gasteiger partial charge in [-0.2, -0.15) is 0 Å². The van der Waals surface area contributed by atoms with E-state index >= 15 is 0 Å². The summed E-state index contributed by atoms with van der Waals surface area (Å²) >= 11 is 11.7. The zero-order valence-corrected chi connectivity index (χ0v) is 13.5. The van der Waals surface area contributed by atoms with Crippen LogP contribution in [0.1, 0.15) is 23.2 Å². The Bertz CT molecular complexity index is 654. The first-order valence-corrected chi connectivity index (χ1v) is 8.90. The van der Waals surface area contributed by atoms with Gasteiger partial charge in [-0.15, -0.1) is 0 Å². The molecule has 1 aromatic carbocycles. The fourth-order valence-electron chi connectivity index (χ4n) is 2.34. The molecule has 1 aliphatic rings. The summed E-state index contributed by atoms with van der Waals surface area (Å²) in [7, 11) is -3.65. The molecule has 0 aliphatic carbocycles. The highest BCUT2D eigenvalue weighted by atomic mass is 35.5. The van der Waals surface area contributed by atoms with Crippen LogP contribution in [0.5, 0.6) is 0 Å². The second-order valence-corrected chi connectivity index (χ2v) is 7.77. The van der Waals surface area contributed by atoms with Crippen LogP contribution in [0, 0.1) is 0 Å². The number of sulfone groups is 1. The molecule has 0 aromatic heterocycles. The Morgan fingerprint density at radius 1 is 1.24 bits per heavy atom. The average molecular weight is 352 g/mol. The summed E-state index contributed by atoms with van der Waals surface area (Å²) in [5.74, 6) is -1.44. The number of hydrogen-bond acceptors (Lipinski definition) is 4. The van der Waals surface area contributed by atoms with Crippen LogP contribution < -0.4 is 0 Å². The Kier molecular flexibility index (Phi) is 5.14. The molecule has 1 fully saturated rings. The smallest absolute Gasteiger partial charge is 0.338 e. The molecular formula is C13H15Cl2NO4S. The SMILES string of the molecule is O=C(O)c1c(Cl)ccc(S(=O)(=O)CCN2CCCC2)c1Cl. The lowest BCUT2D eigenvalue weighted by molar-refractivity contribution is 0.0697. The zero-order valence-electron chi connectivity index (χ0n) is 11.2. The molecule has 0 unspecified atom stereocenters. The Balaban J connectivity index is 2.27. The van der Waals surface area contributed by atoms with Gasteiger partial charge in [-0.3, -0.25) is 0 Å². The summed E-state index contributed by atoms with van der Waals surface area (Å²) in [5, 5.41) is 8.67. The van der Waals surface area contributed by atoms with Gasteiger partial charge in [0.15, 0.2) is 9.84 Å². The number of carbonyl (C=O) groups is 1. The summed E-state index contributed by atoms with van der Waals surface area (Å²) in [6.45, 7) is 2.21. The first-order chi connectivity index (χ1) is 9.83. The van der Waals surface area contributed by atoms with Gasteiger partial charge in [-0.05, 0) is 38.1 Å². The van der Waals surface area contributed by atoms with E-state index in [4.69, 9.17) is 28.3 Å². The third kappa shape index (κ3) is 3.69. The Morgan fingerprint density at radius 3 is 2.43 bits per heavy atom. The van der Waals surface area contributed by atoms with Crippen molar-refractivity contribution in [3.63, 3.8) is 0 Å². The number of hydrogen-bond donors (Lipinski definition) is 1. The topological polar surface area (TPSA) is 74.7 Å². The summed E-state index contributed by atoms with van der Waals surface area (Å²) in [6, 6.07) is 2.51. The van der Waals surface area contributed by atoms with E-state index in [-0.39, 0.29) is 26.3 Å². The van der Waals surface area contributed by atoms with E-state index in [9.17, 15) is 13.2 Å². The molecule has 8 heteroatoms. The first-order valence-electron chi connectivity index (χ1n) is 6.49. The van der Waals surface area contributed by atoms with Crippen molar-refractivity contribution in [2.24, 2.45) is 0 Å². The van der Waals surface area contributed by atoms with E-state index in [1.807, 2.05) is 0 Å². The summed E-state index contributed by atoms with van der Waals surface area (Å²) < 4.78 is 24.7. The van der Waals surface area contributed by atoms with Gasteiger partial charge in [-0.1, -0.05) is 23.2 Å². The van der Waals surface area contributed by atoms with E-state index in [1.165, 1.54) is 12.1 Å². The monoisotopic (exact) mass is 351 g/mol. The van der Waals surface area contributed by atoms with Gasteiger partial charge in [0.1, 0.15) is 0 Å². The molecule has 0 bridgehead atoms. The molecule has 21 heavy (non-hydrogen) atoms. The second-order valence-electron chi connectivity index (χ2n) is 4.91. The molecule has 2 rings (SSSR count). The van der Waals surface area contributed by atoms with Gasteiger partial charge in [0.05, 0.1) is 26.3 Å². The lowest BCUT2D eigenvalue weighted by atomic mass is 10.2. The molecular weight excluding hydrogens is 337 g/mol. The molecule has 1 saturated heterocycles. The Labute approximate surface area is 133 Å². The fourth-order valence-corrected chi connectivity index (χ4v) is 4.59. The van der Waals surface area contributed by atoms with E-state index in [0.29, 0.717) is 6.54 Å². The molecule has 1 N–H and O–H groups in total. The van der Waals surface area contributed by atoms with Crippen LogP contribution in [0.25, 0.3) is 0 Å². The van der Waals surface area contributed by atoms with Crippen molar-refractivity contribution in [3.05, 3.63) is 27.7 Å². The quantitative estimate of drug-likeness (QED) is 0.882. The van der Waals surface area contributed by atoms with E-state index in [0.717, 1.165) is 25.9 Å². The average Bonchev–Trinajstić information content (AvgIpc) is 2.88. The van der Waals surface area contributed by atoms with Gasteiger partial charge in [0.2, 0.25) is 0 Å². The normalized spacial score (nSPS) is 16.3. The number of benzene rings is 1. The molecule has 0 amide bonds. The molecule has 1 heterocycles. The third-order valence-corrected chi connectivity index (χ3v) is 6.03. The van der Waals surface area contributed by atoms with Crippen LogP contribution in [0.3, 0.4) is 0 Å². The molecule has 0 atom stereocenters. The summed E-state index contributed by atoms with van der Waals surface area (Å²) in [5.41, 5.74) is -0.374. The maximum Gasteiger partial charge on any atom is 0.338 e. The van der Waals surface area contributed by atoms with Gasteiger partial charge >= 0.3 is 5.97 Å². The predicted octanol–water partition coefficient (Wildman–Crippen LogP) is 2.56. The molecule has 0 saturated carbocycles. The number of halogens is 2. The summed E-state index contributed by atoms with van der Waals surface area (Å²) in [4.78, 5) is 13.0. The van der Waals surface area contributed by atoms with E-state index < -0.39 is 15.8 Å². The van der Waals surface area contributed by atoms with Gasteiger partial charge in [0.25, 0.3) is 0 Å². The molecule has 116 valence electrons.